The zero-order valence-corrected chi connectivity index (χ0v) is 17.3. The van der Waals surface area contributed by atoms with Crippen LogP contribution in [-0.4, -0.2) is 61.1 Å². The number of carbonyl (C=O) groups excluding carboxylic acids is 1. The van der Waals surface area contributed by atoms with Gasteiger partial charge >= 0.3 is 0 Å². The van der Waals surface area contributed by atoms with E-state index in [0.29, 0.717) is 36.7 Å². The van der Waals surface area contributed by atoms with Gasteiger partial charge in [0.05, 0.1) is 27.0 Å². The molecule has 0 N–H and O–H groups in total. The summed E-state index contributed by atoms with van der Waals surface area (Å²) in [4.78, 5) is 21.4. The summed E-state index contributed by atoms with van der Waals surface area (Å²) in [5, 5.41) is 0. The number of nitrogens with zero attached hydrogens (tertiary/aromatic N) is 3. The molecule has 1 aromatic heterocycles. The first-order chi connectivity index (χ1) is 13.3. The first-order valence-corrected chi connectivity index (χ1v) is 9.50. The summed E-state index contributed by atoms with van der Waals surface area (Å²) in [6, 6.07) is 5.26. The number of benzene rings is 1. The molecule has 1 aliphatic heterocycles. The molecule has 1 saturated heterocycles. The molecule has 0 bridgehead atoms. The number of methoxy groups -OCH3 is 2. The van der Waals surface area contributed by atoms with Crippen LogP contribution in [0.15, 0.2) is 28.8 Å². The molecule has 1 aromatic carbocycles. The maximum absolute atomic E-state index is 12.9. The Hall–Kier alpha value is -2.54. The molecule has 0 aliphatic carbocycles. The molecular weight excluding hydrogens is 358 g/mol. The summed E-state index contributed by atoms with van der Waals surface area (Å²) in [6.45, 7) is 9.85. The topological polar surface area (TPSA) is 68.0 Å². The number of piperazine rings is 1. The predicted octanol–water partition coefficient (Wildman–Crippen LogP) is 2.95. The molecule has 1 aliphatic rings. The Morgan fingerprint density at radius 1 is 1.07 bits per heavy atom. The molecule has 0 unspecified atom stereocenters. The van der Waals surface area contributed by atoms with Crippen molar-refractivity contribution >= 4 is 5.91 Å². The molecule has 2 heterocycles. The van der Waals surface area contributed by atoms with Crippen LogP contribution in [0.5, 0.6) is 11.5 Å². The zero-order chi connectivity index (χ0) is 20.3. The Morgan fingerprint density at radius 3 is 2.18 bits per heavy atom. The SMILES string of the molecule is COc1cc(OC)cc(C(=O)N2CCN(Cc3ncc(C(C)(C)C)o3)CC2)c1. The second-order valence-electron chi connectivity index (χ2n) is 8.04. The molecule has 1 amide bonds. The molecule has 152 valence electrons. The van der Waals surface area contributed by atoms with E-state index in [1.165, 1.54) is 0 Å². The lowest BCUT2D eigenvalue weighted by molar-refractivity contribution is 0.0616. The number of hydrogen-bond acceptors (Lipinski definition) is 6. The third kappa shape index (κ3) is 4.65. The van der Waals surface area contributed by atoms with Crippen LogP contribution in [0.2, 0.25) is 0 Å². The summed E-state index contributed by atoms with van der Waals surface area (Å²) in [6.07, 6.45) is 1.81. The first kappa shape index (κ1) is 20.2. The zero-order valence-electron chi connectivity index (χ0n) is 17.3. The van der Waals surface area contributed by atoms with Crippen LogP contribution in [0, 0.1) is 0 Å². The van der Waals surface area contributed by atoms with E-state index < -0.39 is 0 Å². The van der Waals surface area contributed by atoms with Crippen molar-refractivity contribution in [3.63, 3.8) is 0 Å². The lowest BCUT2D eigenvalue weighted by Crippen LogP contribution is -2.48. The second kappa shape index (κ2) is 8.22. The molecule has 0 radical (unpaired) electrons. The van der Waals surface area contributed by atoms with E-state index in [1.807, 2.05) is 11.1 Å². The summed E-state index contributed by atoms with van der Waals surface area (Å²) in [5.74, 6) is 2.83. The average molecular weight is 387 g/mol. The van der Waals surface area contributed by atoms with Gasteiger partial charge in [0.1, 0.15) is 17.3 Å². The van der Waals surface area contributed by atoms with Crippen molar-refractivity contribution in [2.45, 2.75) is 32.7 Å². The number of hydrogen-bond donors (Lipinski definition) is 0. The molecule has 0 saturated carbocycles. The minimum absolute atomic E-state index is 0.0111. The van der Waals surface area contributed by atoms with Gasteiger partial charge in [-0.1, -0.05) is 20.8 Å². The quantitative estimate of drug-likeness (QED) is 0.786. The number of rotatable bonds is 5. The van der Waals surface area contributed by atoms with E-state index >= 15 is 0 Å². The molecule has 28 heavy (non-hydrogen) atoms. The molecule has 1 fully saturated rings. The van der Waals surface area contributed by atoms with Crippen LogP contribution in [0.3, 0.4) is 0 Å². The molecule has 0 atom stereocenters. The van der Waals surface area contributed by atoms with Gasteiger partial charge in [0.2, 0.25) is 5.89 Å². The van der Waals surface area contributed by atoms with Crippen LogP contribution in [-0.2, 0) is 12.0 Å². The largest absolute Gasteiger partial charge is 0.497 e. The van der Waals surface area contributed by atoms with Crippen molar-refractivity contribution in [2.24, 2.45) is 0 Å². The normalized spacial score (nSPS) is 15.5. The fourth-order valence-electron chi connectivity index (χ4n) is 3.14. The second-order valence-corrected chi connectivity index (χ2v) is 8.04. The maximum atomic E-state index is 12.9. The highest BCUT2D eigenvalue weighted by molar-refractivity contribution is 5.95. The van der Waals surface area contributed by atoms with E-state index in [4.69, 9.17) is 13.9 Å². The third-order valence-corrected chi connectivity index (χ3v) is 4.91. The summed E-state index contributed by atoms with van der Waals surface area (Å²) >= 11 is 0. The van der Waals surface area contributed by atoms with Gasteiger partial charge in [0, 0.05) is 43.2 Å². The lowest BCUT2D eigenvalue weighted by atomic mass is 9.94. The number of aromatic nitrogens is 1. The minimum Gasteiger partial charge on any atom is -0.497 e. The van der Waals surface area contributed by atoms with E-state index in [1.54, 1.807) is 32.4 Å². The molecule has 7 heteroatoms. The van der Waals surface area contributed by atoms with Crippen molar-refractivity contribution in [3.05, 3.63) is 41.6 Å². The number of amides is 1. The molecule has 3 rings (SSSR count). The fourth-order valence-corrected chi connectivity index (χ4v) is 3.14. The maximum Gasteiger partial charge on any atom is 0.254 e. The van der Waals surface area contributed by atoms with Crippen LogP contribution >= 0.6 is 0 Å². The Kier molecular flexibility index (Phi) is 5.93. The Morgan fingerprint density at radius 2 is 1.68 bits per heavy atom. The van der Waals surface area contributed by atoms with Crippen LogP contribution in [0.25, 0.3) is 0 Å². The molecular formula is C21H29N3O4. The minimum atomic E-state index is -0.0475. The Labute approximate surface area is 166 Å². The highest BCUT2D eigenvalue weighted by atomic mass is 16.5. The fraction of sp³-hybridized carbons (Fsp3) is 0.524. The van der Waals surface area contributed by atoms with E-state index in [-0.39, 0.29) is 11.3 Å². The van der Waals surface area contributed by atoms with Gasteiger partial charge in [-0.15, -0.1) is 0 Å². The Balaban J connectivity index is 1.59. The average Bonchev–Trinajstić information content (AvgIpc) is 3.16. The van der Waals surface area contributed by atoms with Crippen LogP contribution in [0.4, 0.5) is 0 Å². The third-order valence-electron chi connectivity index (χ3n) is 4.91. The standard InChI is InChI=1S/C21H29N3O4/c1-21(2,3)18-13-22-19(28-18)14-23-6-8-24(9-7-23)20(25)15-10-16(26-4)12-17(11-15)27-5/h10-13H,6-9,14H2,1-5H3. The number of oxazole rings is 1. The van der Waals surface area contributed by atoms with Gasteiger partial charge in [0.15, 0.2) is 0 Å². The van der Waals surface area contributed by atoms with E-state index in [9.17, 15) is 4.79 Å². The smallest absolute Gasteiger partial charge is 0.254 e. The van der Waals surface area contributed by atoms with Crippen LogP contribution in [0.1, 0.15) is 42.8 Å². The van der Waals surface area contributed by atoms with Crippen molar-refractivity contribution in [1.29, 1.82) is 0 Å². The summed E-state index contributed by atoms with van der Waals surface area (Å²) < 4.78 is 16.4. The van der Waals surface area contributed by atoms with Gasteiger partial charge in [-0.05, 0) is 12.1 Å². The summed E-state index contributed by atoms with van der Waals surface area (Å²) in [7, 11) is 3.16. The van der Waals surface area contributed by atoms with Crippen molar-refractivity contribution in [1.82, 2.24) is 14.8 Å². The van der Waals surface area contributed by atoms with E-state index in [0.717, 1.165) is 24.7 Å². The monoisotopic (exact) mass is 387 g/mol. The van der Waals surface area contributed by atoms with E-state index in [2.05, 4.69) is 30.7 Å². The lowest BCUT2D eigenvalue weighted by Gasteiger charge is -2.34. The van der Waals surface area contributed by atoms with Crippen molar-refractivity contribution in [3.8, 4) is 11.5 Å². The van der Waals surface area contributed by atoms with Gasteiger partial charge in [-0.3, -0.25) is 9.69 Å². The predicted molar refractivity (Wildman–Crippen MR) is 106 cm³/mol. The van der Waals surface area contributed by atoms with Gasteiger partial charge in [0.25, 0.3) is 5.91 Å². The number of ether oxygens (including phenoxy) is 2. The first-order valence-electron chi connectivity index (χ1n) is 9.50. The molecule has 0 spiro atoms. The van der Waals surface area contributed by atoms with Gasteiger partial charge < -0.3 is 18.8 Å². The van der Waals surface area contributed by atoms with Crippen molar-refractivity contribution in [2.75, 3.05) is 40.4 Å². The number of carbonyl (C=O) groups is 1. The molecule has 2 aromatic rings. The summed E-state index contributed by atoms with van der Waals surface area (Å²) in [5.41, 5.74) is 0.529. The van der Waals surface area contributed by atoms with Crippen molar-refractivity contribution < 1.29 is 18.7 Å². The molecule has 7 nitrogen and oxygen atoms in total. The Bertz CT molecular complexity index is 795. The van der Waals surface area contributed by atoms with Gasteiger partial charge in [-0.25, -0.2) is 4.98 Å². The highest BCUT2D eigenvalue weighted by Crippen LogP contribution is 2.25. The highest BCUT2D eigenvalue weighted by Gasteiger charge is 2.25. The van der Waals surface area contributed by atoms with Crippen LogP contribution < -0.4 is 9.47 Å². The van der Waals surface area contributed by atoms with Gasteiger partial charge in [-0.2, -0.15) is 0 Å².